The number of nitrogens with two attached hydrogens (primary N) is 1. The highest BCUT2D eigenvalue weighted by Crippen LogP contribution is 2.22. The Balaban J connectivity index is 2.32. The molecule has 0 aromatic heterocycles. The van der Waals surface area contributed by atoms with Gasteiger partial charge in [0.25, 0.3) is 0 Å². The second-order valence-electron chi connectivity index (χ2n) is 3.26. The van der Waals surface area contributed by atoms with Gasteiger partial charge in [-0.1, -0.05) is 12.5 Å². The van der Waals surface area contributed by atoms with Crippen LogP contribution in [0.4, 0.5) is 0 Å². The van der Waals surface area contributed by atoms with E-state index in [1.165, 1.54) is 32.1 Å². The molecule has 0 aliphatic heterocycles. The molecule has 1 heteroatoms. The van der Waals surface area contributed by atoms with Gasteiger partial charge in [-0.2, -0.15) is 0 Å². The lowest BCUT2D eigenvalue weighted by atomic mass is 10.0. The fourth-order valence-corrected chi connectivity index (χ4v) is 1.59. The minimum Gasteiger partial charge on any atom is -0.328 e. The van der Waals surface area contributed by atoms with Crippen LogP contribution in [0, 0.1) is 5.92 Å². The summed E-state index contributed by atoms with van der Waals surface area (Å²) in [5, 5.41) is 0. The molecule has 1 nitrogen and oxygen atoms in total. The van der Waals surface area contributed by atoms with Gasteiger partial charge in [-0.15, -0.1) is 6.58 Å². The first-order chi connectivity index (χ1) is 4.83. The van der Waals surface area contributed by atoms with Crippen molar-refractivity contribution >= 4 is 0 Å². The van der Waals surface area contributed by atoms with Crippen LogP contribution < -0.4 is 5.73 Å². The average molecular weight is 139 g/mol. The maximum atomic E-state index is 5.82. The van der Waals surface area contributed by atoms with Crippen molar-refractivity contribution in [3.05, 3.63) is 12.7 Å². The standard InChI is InChI=1S/C9H17N/c1-2-8-4-3-5-9(10)7-6-8/h2,8-9H,1,3-7,10H2/t8?,9-/m0/s1. The van der Waals surface area contributed by atoms with Crippen LogP contribution in [-0.2, 0) is 0 Å². The fraction of sp³-hybridized carbons (Fsp3) is 0.778. The topological polar surface area (TPSA) is 26.0 Å². The molecule has 1 fully saturated rings. The second-order valence-corrected chi connectivity index (χ2v) is 3.26. The van der Waals surface area contributed by atoms with Crippen molar-refractivity contribution in [2.75, 3.05) is 0 Å². The minimum absolute atomic E-state index is 0.463. The Labute approximate surface area is 63.3 Å². The van der Waals surface area contributed by atoms with Gasteiger partial charge in [0.2, 0.25) is 0 Å². The summed E-state index contributed by atoms with van der Waals surface area (Å²) in [7, 11) is 0. The van der Waals surface area contributed by atoms with Crippen LogP contribution in [0.3, 0.4) is 0 Å². The second kappa shape index (κ2) is 3.77. The minimum atomic E-state index is 0.463. The van der Waals surface area contributed by atoms with E-state index in [-0.39, 0.29) is 0 Å². The third-order valence-corrected chi connectivity index (χ3v) is 2.39. The molecule has 0 bridgehead atoms. The number of hydrogen-bond donors (Lipinski definition) is 1. The molecule has 2 N–H and O–H groups in total. The molecule has 0 amide bonds. The highest BCUT2D eigenvalue weighted by atomic mass is 14.6. The molecule has 58 valence electrons. The maximum Gasteiger partial charge on any atom is 0.00390 e. The van der Waals surface area contributed by atoms with Crippen LogP contribution in [0.25, 0.3) is 0 Å². The molecular formula is C9H17N. The Bertz CT molecular complexity index is 109. The van der Waals surface area contributed by atoms with Crippen molar-refractivity contribution in [1.82, 2.24) is 0 Å². The number of hydrogen-bond acceptors (Lipinski definition) is 1. The third kappa shape index (κ3) is 2.14. The maximum absolute atomic E-state index is 5.82. The zero-order chi connectivity index (χ0) is 7.40. The molecule has 1 aliphatic rings. The van der Waals surface area contributed by atoms with Crippen LogP contribution >= 0.6 is 0 Å². The normalized spacial score (nSPS) is 34.9. The van der Waals surface area contributed by atoms with Gasteiger partial charge in [-0.05, 0) is 31.6 Å². The van der Waals surface area contributed by atoms with E-state index in [1.54, 1.807) is 0 Å². The summed E-state index contributed by atoms with van der Waals surface area (Å²) in [6.45, 7) is 3.81. The van der Waals surface area contributed by atoms with Gasteiger partial charge < -0.3 is 5.73 Å². The summed E-state index contributed by atoms with van der Waals surface area (Å²) in [5.41, 5.74) is 5.82. The summed E-state index contributed by atoms with van der Waals surface area (Å²) in [5.74, 6) is 0.744. The SMILES string of the molecule is C=CC1CCC[C@H](N)CC1. The highest BCUT2D eigenvalue weighted by Gasteiger charge is 2.12. The summed E-state index contributed by atoms with van der Waals surface area (Å²) in [4.78, 5) is 0. The molecule has 0 spiro atoms. The van der Waals surface area contributed by atoms with E-state index >= 15 is 0 Å². The van der Waals surface area contributed by atoms with Crippen molar-refractivity contribution < 1.29 is 0 Å². The van der Waals surface area contributed by atoms with Gasteiger partial charge in [0.15, 0.2) is 0 Å². The molecule has 1 aliphatic carbocycles. The van der Waals surface area contributed by atoms with Crippen LogP contribution in [0.5, 0.6) is 0 Å². The molecular weight excluding hydrogens is 122 g/mol. The quantitative estimate of drug-likeness (QED) is 0.437. The smallest absolute Gasteiger partial charge is 0.00390 e. The van der Waals surface area contributed by atoms with E-state index in [0.717, 1.165) is 5.92 Å². The van der Waals surface area contributed by atoms with Gasteiger partial charge in [-0.3, -0.25) is 0 Å². The molecule has 0 aromatic carbocycles. The zero-order valence-corrected chi connectivity index (χ0v) is 6.55. The molecule has 0 aromatic rings. The Hall–Kier alpha value is -0.300. The van der Waals surface area contributed by atoms with Crippen molar-refractivity contribution in [3.8, 4) is 0 Å². The van der Waals surface area contributed by atoms with Gasteiger partial charge >= 0.3 is 0 Å². The van der Waals surface area contributed by atoms with Crippen molar-refractivity contribution in [3.63, 3.8) is 0 Å². The van der Waals surface area contributed by atoms with E-state index in [0.29, 0.717) is 6.04 Å². The van der Waals surface area contributed by atoms with Crippen molar-refractivity contribution in [2.24, 2.45) is 11.7 Å². The number of allylic oxidation sites excluding steroid dienone is 1. The van der Waals surface area contributed by atoms with E-state index in [4.69, 9.17) is 5.73 Å². The summed E-state index contributed by atoms with van der Waals surface area (Å²) in [6.07, 6.45) is 8.33. The molecule has 0 heterocycles. The van der Waals surface area contributed by atoms with E-state index < -0.39 is 0 Å². The summed E-state index contributed by atoms with van der Waals surface area (Å²) < 4.78 is 0. The van der Waals surface area contributed by atoms with Gasteiger partial charge in [-0.25, -0.2) is 0 Å². The van der Waals surface area contributed by atoms with Gasteiger partial charge in [0.1, 0.15) is 0 Å². The van der Waals surface area contributed by atoms with Crippen LogP contribution in [-0.4, -0.2) is 6.04 Å². The zero-order valence-electron chi connectivity index (χ0n) is 6.55. The van der Waals surface area contributed by atoms with E-state index in [2.05, 4.69) is 12.7 Å². The Morgan fingerprint density at radius 2 is 2.00 bits per heavy atom. The monoisotopic (exact) mass is 139 g/mol. The third-order valence-electron chi connectivity index (χ3n) is 2.39. The summed E-state index contributed by atoms with van der Waals surface area (Å²) >= 11 is 0. The average Bonchev–Trinajstić information content (AvgIpc) is 2.14. The molecule has 0 radical (unpaired) electrons. The highest BCUT2D eigenvalue weighted by molar-refractivity contribution is 4.82. The van der Waals surface area contributed by atoms with E-state index in [9.17, 15) is 0 Å². The Morgan fingerprint density at radius 1 is 1.20 bits per heavy atom. The van der Waals surface area contributed by atoms with Gasteiger partial charge in [0.05, 0.1) is 0 Å². The first kappa shape index (κ1) is 7.80. The molecule has 2 atom stereocenters. The first-order valence-corrected chi connectivity index (χ1v) is 4.21. The molecule has 1 rings (SSSR count). The Kier molecular flexibility index (Phi) is 2.94. The predicted molar refractivity (Wildman–Crippen MR) is 44.7 cm³/mol. The lowest BCUT2D eigenvalue weighted by Crippen LogP contribution is -2.17. The largest absolute Gasteiger partial charge is 0.328 e. The van der Waals surface area contributed by atoms with Crippen LogP contribution in [0.15, 0.2) is 12.7 Å². The molecule has 1 saturated carbocycles. The van der Waals surface area contributed by atoms with Gasteiger partial charge in [0, 0.05) is 6.04 Å². The van der Waals surface area contributed by atoms with Crippen LogP contribution in [0.2, 0.25) is 0 Å². The molecule has 1 unspecified atom stereocenters. The lowest BCUT2D eigenvalue weighted by molar-refractivity contribution is 0.548. The Morgan fingerprint density at radius 3 is 2.70 bits per heavy atom. The van der Waals surface area contributed by atoms with Crippen molar-refractivity contribution in [2.45, 2.75) is 38.1 Å². The molecule has 10 heavy (non-hydrogen) atoms. The van der Waals surface area contributed by atoms with Crippen molar-refractivity contribution in [1.29, 1.82) is 0 Å². The summed E-state index contributed by atoms with van der Waals surface area (Å²) in [6, 6.07) is 0.463. The fourth-order valence-electron chi connectivity index (χ4n) is 1.59. The first-order valence-electron chi connectivity index (χ1n) is 4.21. The molecule has 0 saturated heterocycles. The number of rotatable bonds is 1. The lowest BCUT2D eigenvalue weighted by Gasteiger charge is -2.06. The van der Waals surface area contributed by atoms with Crippen LogP contribution in [0.1, 0.15) is 32.1 Å². The van der Waals surface area contributed by atoms with E-state index in [1.807, 2.05) is 0 Å². The predicted octanol–water partition coefficient (Wildman–Crippen LogP) is 2.08.